The van der Waals surface area contributed by atoms with Crippen molar-refractivity contribution < 1.29 is 18.7 Å². The number of ether oxygens (including phenoxy) is 2. The molecule has 1 N–H and O–H groups in total. The standard InChI is InChI=1S/C14H17BrFNO3/c1-19-14(18)13(17-8-10-3-2-6-20-10)9-4-5-11(15)12(16)7-9/h4-5,7,10,13,17H,2-3,6,8H2,1H3. The normalized spacial score (nSPS) is 19.9. The van der Waals surface area contributed by atoms with Crippen LogP contribution >= 0.6 is 15.9 Å². The van der Waals surface area contributed by atoms with Crippen LogP contribution in [0.2, 0.25) is 0 Å². The van der Waals surface area contributed by atoms with Gasteiger partial charge < -0.3 is 9.47 Å². The highest BCUT2D eigenvalue weighted by Gasteiger charge is 2.24. The summed E-state index contributed by atoms with van der Waals surface area (Å²) < 4.78 is 24.2. The molecule has 1 aromatic carbocycles. The summed E-state index contributed by atoms with van der Waals surface area (Å²) in [7, 11) is 1.32. The third kappa shape index (κ3) is 3.77. The van der Waals surface area contributed by atoms with Crippen LogP contribution in [0.5, 0.6) is 0 Å². The van der Waals surface area contributed by atoms with E-state index in [1.54, 1.807) is 12.1 Å². The Labute approximate surface area is 125 Å². The second-order valence-electron chi connectivity index (χ2n) is 4.67. The van der Waals surface area contributed by atoms with Gasteiger partial charge >= 0.3 is 5.97 Å². The lowest BCUT2D eigenvalue weighted by Crippen LogP contribution is -2.35. The Balaban J connectivity index is 2.09. The van der Waals surface area contributed by atoms with E-state index in [4.69, 9.17) is 9.47 Å². The van der Waals surface area contributed by atoms with E-state index in [-0.39, 0.29) is 6.10 Å². The van der Waals surface area contributed by atoms with Crippen LogP contribution in [-0.2, 0) is 14.3 Å². The zero-order valence-corrected chi connectivity index (χ0v) is 12.8. The topological polar surface area (TPSA) is 47.6 Å². The molecule has 1 aliphatic rings. The van der Waals surface area contributed by atoms with Gasteiger partial charge in [-0.2, -0.15) is 0 Å². The molecule has 0 bridgehead atoms. The molecule has 20 heavy (non-hydrogen) atoms. The van der Waals surface area contributed by atoms with E-state index in [1.165, 1.54) is 13.2 Å². The molecule has 1 aliphatic heterocycles. The minimum Gasteiger partial charge on any atom is -0.468 e. The molecule has 6 heteroatoms. The first-order valence-corrected chi connectivity index (χ1v) is 7.29. The van der Waals surface area contributed by atoms with Gasteiger partial charge in [-0.3, -0.25) is 5.32 Å². The highest BCUT2D eigenvalue weighted by atomic mass is 79.9. The summed E-state index contributed by atoms with van der Waals surface area (Å²) >= 11 is 3.09. The molecule has 110 valence electrons. The fraction of sp³-hybridized carbons (Fsp3) is 0.500. The molecule has 0 radical (unpaired) electrons. The summed E-state index contributed by atoms with van der Waals surface area (Å²) in [5, 5.41) is 3.09. The molecule has 1 aromatic rings. The lowest BCUT2D eigenvalue weighted by molar-refractivity contribution is -0.143. The molecule has 0 aliphatic carbocycles. The zero-order chi connectivity index (χ0) is 14.5. The number of carbonyl (C=O) groups excluding carboxylic acids is 1. The Morgan fingerprint density at radius 1 is 1.65 bits per heavy atom. The number of nitrogens with one attached hydrogen (secondary N) is 1. The van der Waals surface area contributed by atoms with Gasteiger partial charge in [-0.1, -0.05) is 6.07 Å². The van der Waals surface area contributed by atoms with Crippen LogP contribution < -0.4 is 5.32 Å². The SMILES string of the molecule is COC(=O)C(NCC1CCCO1)c1ccc(Br)c(F)c1. The number of benzene rings is 1. The third-order valence-corrected chi connectivity index (χ3v) is 3.93. The number of halogens is 2. The molecule has 2 atom stereocenters. The van der Waals surface area contributed by atoms with E-state index in [0.717, 1.165) is 19.4 Å². The second-order valence-corrected chi connectivity index (χ2v) is 5.53. The Morgan fingerprint density at radius 2 is 2.45 bits per heavy atom. The molecule has 0 aromatic heterocycles. The van der Waals surface area contributed by atoms with E-state index < -0.39 is 17.8 Å². The van der Waals surface area contributed by atoms with Gasteiger partial charge in [-0.25, -0.2) is 9.18 Å². The summed E-state index contributed by atoms with van der Waals surface area (Å²) in [4.78, 5) is 11.9. The minimum absolute atomic E-state index is 0.0995. The van der Waals surface area contributed by atoms with Crippen LogP contribution in [-0.4, -0.2) is 32.3 Å². The third-order valence-electron chi connectivity index (χ3n) is 3.29. The smallest absolute Gasteiger partial charge is 0.327 e. The highest BCUT2D eigenvalue weighted by molar-refractivity contribution is 9.10. The number of hydrogen-bond acceptors (Lipinski definition) is 4. The van der Waals surface area contributed by atoms with Crippen molar-refractivity contribution in [1.29, 1.82) is 0 Å². The first-order valence-electron chi connectivity index (χ1n) is 6.49. The van der Waals surface area contributed by atoms with E-state index >= 15 is 0 Å². The molecule has 0 spiro atoms. The lowest BCUT2D eigenvalue weighted by atomic mass is 10.1. The Bertz CT molecular complexity index is 477. The molecule has 0 saturated carbocycles. The Hall–Kier alpha value is -0.980. The molecule has 1 heterocycles. The summed E-state index contributed by atoms with van der Waals surface area (Å²) in [6.07, 6.45) is 2.10. The van der Waals surface area contributed by atoms with E-state index in [1.807, 2.05) is 0 Å². The minimum atomic E-state index is -0.688. The fourth-order valence-corrected chi connectivity index (χ4v) is 2.45. The van der Waals surface area contributed by atoms with Crippen molar-refractivity contribution in [2.75, 3.05) is 20.3 Å². The number of esters is 1. The van der Waals surface area contributed by atoms with Crippen LogP contribution in [0.15, 0.2) is 22.7 Å². The van der Waals surface area contributed by atoms with E-state index in [0.29, 0.717) is 16.6 Å². The largest absolute Gasteiger partial charge is 0.468 e. The molecule has 4 nitrogen and oxygen atoms in total. The van der Waals surface area contributed by atoms with Gasteiger partial charge in [-0.05, 0) is 46.5 Å². The van der Waals surface area contributed by atoms with E-state index in [9.17, 15) is 9.18 Å². The number of rotatable bonds is 5. The van der Waals surface area contributed by atoms with Gasteiger partial charge in [0.1, 0.15) is 11.9 Å². The van der Waals surface area contributed by atoms with Crippen LogP contribution in [0.25, 0.3) is 0 Å². The molecular formula is C14H17BrFNO3. The van der Waals surface area contributed by atoms with Crippen molar-refractivity contribution in [3.63, 3.8) is 0 Å². The molecular weight excluding hydrogens is 329 g/mol. The average Bonchev–Trinajstić information content (AvgIpc) is 2.95. The van der Waals surface area contributed by atoms with Gasteiger partial charge in [0.05, 0.1) is 17.7 Å². The lowest BCUT2D eigenvalue weighted by Gasteiger charge is -2.19. The number of methoxy groups -OCH3 is 1. The zero-order valence-electron chi connectivity index (χ0n) is 11.2. The maximum Gasteiger partial charge on any atom is 0.327 e. The number of carbonyl (C=O) groups is 1. The van der Waals surface area contributed by atoms with Crippen molar-refractivity contribution in [2.24, 2.45) is 0 Å². The van der Waals surface area contributed by atoms with Crippen molar-refractivity contribution in [3.05, 3.63) is 34.1 Å². The first-order chi connectivity index (χ1) is 9.61. The average molecular weight is 346 g/mol. The second kappa shape index (κ2) is 7.15. The van der Waals surface area contributed by atoms with Gasteiger partial charge in [0.25, 0.3) is 0 Å². The highest BCUT2D eigenvalue weighted by Crippen LogP contribution is 2.22. The van der Waals surface area contributed by atoms with Gasteiger partial charge in [-0.15, -0.1) is 0 Å². The van der Waals surface area contributed by atoms with E-state index in [2.05, 4.69) is 21.2 Å². The summed E-state index contributed by atoms with van der Waals surface area (Å²) in [5.74, 6) is -0.847. The Morgan fingerprint density at radius 3 is 3.05 bits per heavy atom. The Kier molecular flexibility index (Phi) is 5.51. The molecule has 1 saturated heterocycles. The van der Waals surface area contributed by atoms with Crippen LogP contribution in [0, 0.1) is 5.82 Å². The van der Waals surface area contributed by atoms with Gasteiger partial charge in [0, 0.05) is 13.2 Å². The maximum absolute atomic E-state index is 13.6. The van der Waals surface area contributed by atoms with Crippen molar-refractivity contribution in [3.8, 4) is 0 Å². The summed E-state index contributed by atoms with van der Waals surface area (Å²) in [5.41, 5.74) is 0.538. The fourth-order valence-electron chi connectivity index (χ4n) is 2.20. The quantitative estimate of drug-likeness (QED) is 0.833. The van der Waals surface area contributed by atoms with Gasteiger partial charge in [0.2, 0.25) is 0 Å². The monoisotopic (exact) mass is 345 g/mol. The first kappa shape index (κ1) is 15.4. The predicted octanol–water partition coefficient (Wildman–Crippen LogP) is 2.57. The predicted molar refractivity (Wildman–Crippen MR) is 75.8 cm³/mol. The van der Waals surface area contributed by atoms with Crippen molar-refractivity contribution >= 4 is 21.9 Å². The molecule has 2 rings (SSSR count). The van der Waals surface area contributed by atoms with Gasteiger partial charge in [0.15, 0.2) is 0 Å². The summed E-state index contributed by atoms with van der Waals surface area (Å²) in [6, 6.07) is 3.91. The van der Waals surface area contributed by atoms with Crippen LogP contribution in [0.3, 0.4) is 0 Å². The molecule has 2 unspecified atom stereocenters. The van der Waals surface area contributed by atoms with Crippen molar-refractivity contribution in [2.45, 2.75) is 25.0 Å². The van der Waals surface area contributed by atoms with Crippen LogP contribution in [0.1, 0.15) is 24.4 Å². The maximum atomic E-state index is 13.6. The summed E-state index contributed by atoms with van der Waals surface area (Å²) in [6.45, 7) is 1.29. The molecule has 1 fully saturated rings. The molecule has 0 amide bonds. The van der Waals surface area contributed by atoms with Crippen molar-refractivity contribution in [1.82, 2.24) is 5.32 Å². The van der Waals surface area contributed by atoms with Crippen LogP contribution in [0.4, 0.5) is 4.39 Å². The number of hydrogen-bond donors (Lipinski definition) is 1.